The Kier molecular flexibility index (Phi) is 5.13. The van der Waals surface area contributed by atoms with E-state index in [1.807, 2.05) is 11.8 Å². The third-order valence-corrected chi connectivity index (χ3v) is 7.03. The largest absolute Gasteiger partial charge is 0.454 e. The zero-order valence-electron chi connectivity index (χ0n) is 15.7. The maximum absolute atomic E-state index is 12.5. The van der Waals surface area contributed by atoms with Gasteiger partial charge in [0.15, 0.2) is 6.61 Å². The highest BCUT2D eigenvalue weighted by Crippen LogP contribution is 2.47. The molecular weight excluding hydrogens is 382 g/mol. The van der Waals surface area contributed by atoms with Gasteiger partial charge in [0.2, 0.25) is 11.9 Å². The van der Waals surface area contributed by atoms with Crippen LogP contribution in [0, 0.1) is 0 Å². The summed E-state index contributed by atoms with van der Waals surface area (Å²) in [6.45, 7) is 4.00. The zero-order chi connectivity index (χ0) is 19.7. The minimum absolute atomic E-state index is 0.0139. The Bertz CT molecular complexity index is 770. The number of piperazine rings is 1. The quantitative estimate of drug-likeness (QED) is 0.652. The molecule has 10 heteroatoms. The number of carbonyl (C=O) groups excluding carboxylic acids is 3. The van der Waals surface area contributed by atoms with Gasteiger partial charge in [-0.25, -0.2) is 14.8 Å². The van der Waals surface area contributed by atoms with E-state index < -0.39 is 12.0 Å². The van der Waals surface area contributed by atoms with Crippen LogP contribution in [0.2, 0.25) is 0 Å². The Morgan fingerprint density at radius 3 is 2.68 bits per heavy atom. The molecule has 0 bridgehead atoms. The van der Waals surface area contributed by atoms with Crippen molar-refractivity contribution in [2.24, 2.45) is 0 Å². The summed E-state index contributed by atoms with van der Waals surface area (Å²) in [4.78, 5) is 50.5. The number of nitrogens with zero attached hydrogens (tertiary/aromatic N) is 5. The highest BCUT2D eigenvalue weighted by Gasteiger charge is 2.53. The number of carbonyl (C=O) groups is 3. The maximum atomic E-state index is 12.5. The summed E-state index contributed by atoms with van der Waals surface area (Å²) in [5, 5.41) is 0. The first-order chi connectivity index (χ1) is 13.5. The summed E-state index contributed by atoms with van der Waals surface area (Å²) in [6, 6.07) is 1.17. The number of esters is 1. The zero-order valence-corrected chi connectivity index (χ0v) is 16.6. The predicted octanol–water partition coefficient (Wildman–Crippen LogP) is 0.122. The summed E-state index contributed by atoms with van der Waals surface area (Å²) in [7, 11) is 0. The number of hydrogen-bond donors (Lipinski definition) is 0. The average Bonchev–Trinajstić information content (AvgIpc) is 3.22. The summed E-state index contributed by atoms with van der Waals surface area (Å²) < 4.78 is 5.28. The smallest absolute Gasteiger partial charge is 0.330 e. The lowest BCUT2D eigenvalue weighted by Gasteiger charge is -2.34. The van der Waals surface area contributed by atoms with Crippen LogP contribution in [0.3, 0.4) is 0 Å². The van der Waals surface area contributed by atoms with Gasteiger partial charge in [0.1, 0.15) is 6.04 Å². The normalized spacial score (nSPS) is 27.1. The molecule has 0 aliphatic carbocycles. The summed E-state index contributed by atoms with van der Waals surface area (Å²) in [6.07, 6.45) is 4.59. The number of thioether (sulfide) groups is 1. The van der Waals surface area contributed by atoms with E-state index in [9.17, 15) is 14.4 Å². The molecule has 28 heavy (non-hydrogen) atoms. The standard InChI is InChI=1S/C18H23N5O4S/c1-18-4-3-14(24)23(18)13(12-28-18)16(26)27-11-15(25)21-7-9-22(10-8-21)17-19-5-2-6-20-17/h2,5-6,13H,3-4,7-12H2,1H3/t13-,18-/m1/s1. The Morgan fingerprint density at radius 1 is 1.25 bits per heavy atom. The highest BCUT2D eigenvalue weighted by molar-refractivity contribution is 8.01. The molecule has 2 amide bonds. The molecular formula is C18H23N5O4S. The van der Waals surface area contributed by atoms with Crippen molar-refractivity contribution in [3.63, 3.8) is 0 Å². The van der Waals surface area contributed by atoms with Gasteiger partial charge in [-0.15, -0.1) is 11.8 Å². The first-order valence-electron chi connectivity index (χ1n) is 9.40. The predicted molar refractivity (Wildman–Crippen MR) is 103 cm³/mol. The number of rotatable bonds is 4. The van der Waals surface area contributed by atoms with Gasteiger partial charge in [0, 0.05) is 50.7 Å². The molecule has 4 heterocycles. The fraction of sp³-hybridized carbons (Fsp3) is 0.611. The van der Waals surface area contributed by atoms with Crippen molar-refractivity contribution >= 4 is 35.5 Å². The number of aromatic nitrogens is 2. The van der Waals surface area contributed by atoms with Gasteiger partial charge in [-0.2, -0.15) is 0 Å². The lowest BCUT2D eigenvalue weighted by molar-refractivity contribution is -0.158. The van der Waals surface area contributed by atoms with Crippen molar-refractivity contribution in [2.45, 2.75) is 30.7 Å². The summed E-state index contributed by atoms with van der Waals surface area (Å²) in [5.74, 6) is 0.447. The van der Waals surface area contributed by atoms with E-state index >= 15 is 0 Å². The van der Waals surface area contributed by atoms with Crippen LogP contribution in [0.25, 0.3) is 0 Å². The molecule has 0 aromatic carbocycles. The van der Waals surface area contributed by atoms with Gasteiger partial charge in [-0.05, 0) is 19.4 Å². The maximum Gasteiger partial charge on any atom is 0.330 e. The number of hydrogen-bond acceptors (Lipinski definition) is 8. The van der Waals surface area contributed by atoms with Gasteiger partial charge in [0.05, 0.1) is 4.87 Å². The second-order valence-electron chi connectivity index (χ2n) is 7.29. The van der Waals surface area contributed by atoms with Gasteiger partial charge in [0.25, 0.3) is 5.91 Å². The molecule has 3 saturated heterocycles. The molecule has 0 unspecified atom stereocenters. The van der Waals surface area contributed by atoms with E-state index in [-0.39, 0.29) is 23.3 Å². The molecule has 2 atom stereocenters. The molecule has 3 fully saturated rings. The minimum atomic E-state index is -0.593. The summed E-state index contributed by atoms with van der Waals surface area (Å²) >= 11 is 1.61. The molecule has 9 nitrogen and oxygen atoms in total. The van der Waals surface area contributed by atoms with Crippen molar-refractivity contribution in [3.05, 3.63) is 18.5 Å². The molecule has 4 rings (SSSR count). The van der Waals surface area contributed by atoms with E-state index in [0.29, 0.717) is 44.3 Å². The monoisotopic (exact) mass is 405 g/mol. The molecule has 0 N–H and O–H groups in total. The highest BCUT2D eigenvalue weighted by atomic mass is 32.2. The van der Waals surface area contributed by atoms with Crippen LogP contribution in [0.4, 0.5) is 5.95 Å². The second-order valence-corrected chi connectivity index (χ2v) is 8.79. The van der Waals surface area contributed by atoms with Crippen LogP contribution < -0.4 is 4.90 Å². The SMILES string of the molecule is C[C@@]12CCC(=O)N1[C@@H](C(=O)OCC(=O)N1CCN(c3ncccn3)CC1)CS2. The number of anilines is 1. The molecule has 0 saturated carbocycles. The van der Waals surface area contributed by atoms with Crippen LogP contribution in [-0.4, -0.2) is 87.0 Å². The summed E-state index contributed by atoms with van der Waals surface area (Å²) in [5.41, 5.74) is 0. The van der Waals surface area contributed by atoms with Gasteiger partial charge < -0.3 is 19.4 Å². The lowest BCUT2D eigenvalue weighted by Crippen LogP contribution is -2.51. The fourth-order valence-electron chi connectivity index (χ4n) is 3.93. The van der Waals surface area contributed by atoms with Crippen LogP contribution in [0.15, 0.2) is 18.5 Å². The molecule has 3 aliphatic heterocycles. The third-order valence-electron chi connectivity index (χ3n) is 5.52. The Morgan fingerprint density at radius 2 is 1.96 bits per heavy atom. The first-order valence-corrected chi connectivity index (χ1v) is 10.4. The van der Waals surface area contributed by atoms with Crippen molar-refractivity contribution in [1.29, 1.82) is 0 Å². The topological polar surface area (TPSA) is 95.9 Å². The van der Waals surface area contributed by atoms with Crippen LogP contribution in [0.5, 0.6) is 0 Å². The number of ether oxygens (including phenoxy) is 1. The van der Waals surface area contributed by atoms with Crippen LogP contribution in [0.1, 0.15) is 19.8 Å². The van der Waals surface area contributed by atoms with Gasteiger partial charge in [-0.3, -0.25) is 9.59 Å². The average molecular weight is 405 g/mol. The van der Waals surface area contributed by atoms with Crippen molar-refractivity contribution in [1.82, 2.24) is 19.8 Å². The van der Waals surface area contributed by atoms with Crippen LogP contribution >= 0.6 is 11.8 Å². The molecule has 0 spiro atoms. The third kappa shape index (κ3) is 3.52. The van der Waals surface area contributed by atoms with Crippen molar-refractivity contribution in [2.75, 3.05) is 43.4 Å². The fourth-order valence-corrected chi connectivity index (χ4v) is 5.34. The van der Waals surface area contributed by atoms with E-state index in [2.05, 4.69) is 9.97 Å². The Balaban J connectivity index is 1.26. The second kappa shape index (κ2) is 7.57. The molecule has 0 radical (unpaired) electrons. The van der Waals surface area contributed by atoms with E-state index in [1.165, 1.54) is 0 Å². The first kappa shape index (κ1) is 19.0. The molecule has 150 valence electrons. The minimum Gasteiger partial charge on any atom is -0.454 e. The Labute approximate surface area is 167 Å². The molecule has 1 aromatic rings. The van der Waals surface area contributed by atoms with E-state index in [1.54, 1.807) is 40.0 Å². The van der Waals surface area contributed by atoms with Crippen molar-refractivity contribution < 1.29 is 19.1 Å². The van der Waals surface area contributed by atoms with Crippen LogP contribution in [-0.2, 0) is 19.1 Å². The molecule has 3 aliphatic rings. The number of fused-ring (bicyclic) bond motifs is 1. The van der Waals surface area contributed by atoms with Gasteiger partial charge in [-0.1, -0.05) is 0 Å². The molecule has 1 aromatic heterocycles. The Hall–Kier alpha value is -2.36. The van der Waals surface area contributed by atoms with E-state index in [0.717, 1.165) is 6.42 Å². The lowest BCUT2D eigenvalue weighted by atomic mass is 10.2. The van der Waals surface area contributed by atoms with Crippen molar-refractivity contribution in [3.8, 4) is 0 Å². The van der Waals surface area contributed by atoms with E-state index in [4.69, 9.17) is 4.74 Å². The number of amides is 2. The van der Waals surface area contributed by atoms with Gasteiger partial charge >= 0.3 is 5.97 Å².